The van der Waals surface area contributed by atoms with Crippen molar-refractivity contribution in [2.45, 2.75) is 46.5 Å². The Bertz CT molecular complexity index is 245. The summed E-state index contributed by atoms with van der Waals surface area (Å²) < 4.78 is 0. The summed E-state index contributed by atoms with van der Waals surface area (Å²) in [6.07, 6.45) is 4.61. The molecule has 1 N–H and O–H groups in total. The Labute approximate surface area is 106 Å². The van der Waals surface area contributed by atoms with Crippen molar-refractivity contribution in [2.24, 2.45) is 11.3 Å². The van der Waals surface area contributed by atoms with Gasteiger partial charge in [0.1, 0.15) is 0 Å². The van der Waals surface area contributed by atoms with E-state index in [0.717, 1.165) is 32.5 Å². The Kier molecular flexibility index (Phi) is 5.44. The zero-order chi connectivity index (χ0) is 12.9. The molecule has 0 bridgehead atoms. The maximum atomic E-state index is 12.5. The van der Waals surface area contributed by atoms with Gasteiger partial charge in [-0.05, 0) is 38.3 Å². The van der Waals surface area contributed by atoms with Crippen molar-refractivity contribution in [3.63, 3.8) is 0 Å². The first kappa shape index (κ1) is 14.5. The van der Waals surface area contributed by atoms with Crippen LogP contribution in [0.15, 0.2) is 0 Å². The molecule has 0 radical (unpaired) electrons. The van der Waals surface area contributed by atoms with Gasteiger partial charge in [-0.2, -0.15) is 0 Å². The van der Waals surface area contributed by atoms with Gasteiger partial charge in [0.15, 0.2) is 0 Å². The van der Waals surface area contributed by atoms with Crippen molar-refractivity contribution in [1.29, 1.82) is 0 Å². The lowest BCUT2D eigenvalue weighted by Gasteiger charge is -2.38. The van der Waals surface area contributed by atoms with Gasteiger partial charge in [0.2, 0.25) is 5.91 Å². The topological polar surface area (TPSA) is 32.3 Å². The number of carbonyl (C=O) groups is 1. The molecule has 1 aliphatic heterocycles. The average molecular weight is 240 g/mol. The van der Waals surface area contributed by atoms with Gasteiger partial charge in [-0.15, -0.1) is 0 Å². The third kappa shape index (κ3) is 3.70. The summed E-state index contributed by atoms with van der Waals surface area (Å²) in [5.41, 5.74) is -0.226. The van der Waals surface area contributed by atoms with Crippen LogP contribution in [0.3, 0.4) is 0 Å². The molecule has 1 fully saturated rings. The smallest absolute Gasteiger partial charge is 0.228 e. The Balaban J connectivity index is 2.57. The number of hydrogen-bond acceptors (Lipinski definition) is 2. The molecule has 1 saturated heterocycles. The van der Waals surface area contributed by atoms with Gasteiger partial charge >= 0.3 is 0 Å². The normalized spacial score (nSPS) is 21.3. The van der Waals surface area contributed by atoms with Gasteiger partial charge in [-0.25, -0.2) is 0 Å². The molecule has 3 nitrogen and oxygen atoms in total. The summed E-state index contributed by atoms with van der Waals surface area (Å²) >= 11 is 0. The Hall–Kier alpha value is -0.570. The highest BCUT2D eigenvalue weighted by Gasteiger charge is 2.38. The minimum Gasteiger partial charge on any atom is -0.345 e. The molecule has 1 atom stereocenters. The fraction of sp³-hybridized carbons (Fsp3) is 0.929. The SMILES string of the molecule is CCCCN(C)C(=O)C(C)(C)C1CCCNC1. The fourth-order valence-corrected chi connectivity index (χ4v) is 2.63. The quantitative estimate of drug-likeness (QED) is 0.799. The predicted molar refractivity (Wildman–Crippen MR) is 71.9 cm³/mol. The van der Waals surface area contributed by atoms with Gasteiger partial charge in [0.25, 0.3) is 0 Å². The van der Waals surface area contributed by atoms with E-state index < -0.39 is 0 Å². The molecular formula is C14H28N2O. The van der Waals surface area contributed by atoms with E-state index in [-0.39, 0.29) is 5.41 Å². The van der Waals surface area contributed by atoms with E-state index in [1.165, 1.54) is 12.8 Å². The molecule has 1 rings (SSSR count). The van der Waals surface area contributed by atoms with Crippen molar-refractivity contribution in [3.05, 3.63) is 0 Å². The number of carbonyl (C=O) groups excluding carboxylic acids is 1. The highest BCUT2D eigenvalue weighted by Crippen LogP contribution is 2.33. The Morgan fingerprint density at radius 1 is 1.47 bits per heavy atom. The molecule has 0 aromatic heterocycles. The molecule has 0 aliphatic carbocycles. The van der Waals surface area contributed by atoms with Crippen molar-refractivity contribution < 1.29 is 4.79 Å². The molecule has 0 spiro atoms. The number of nitrogens with one attached hydrogen (secondary N) is 1. The molecule has 3 heteroatoms. The third-order valence-electron chi connectivity index (χ3n) is 4.06. The highest BCUT2D eigenvalue weighted by atomic mass is 16.2. The van der Waals surface area contributed by atoms with E-state index in [1.54, 1.807) is 0 Å². The first-order chi connectivity index (χ1) is 8.00. The summed E-state index contributed by atoms with van der Waals surface area (Å²) in [4.78, 5) is 14.4. The van der Waals surface area contributed by atoms with Crippen LogP contribution in [0.2, 0.25) is 0 Å². The van der Waals surface area contributed by atoms with E-state index >= 15 is 0 Å². The van der Waals surface area contributed by atoms with E-state index in [4.69, 9.17) is 0 Å². The van der Waals surface area contributed by atoms with Crippen LogP contribution in [0, 0.1) is 11.3 Å². The summed E-state index contributed by atoms with van der Waals surface area (Å²) in [6, 6.07) is 0. The van der Waals surface area contributed by atoms with Crippen LogP contribution in [-0.2, 0) is 4.79 Å². The van der Waals surface area contributed by atoms with Gasteiger partial charge < -0.3 is 10.2 Å². The molecule has 1 unspecified atom stereocenters. The Morgan fingerprint density at radius 3 is 2.71 bits per heavy atom. The summed E-state index contributed by atoms with van der Waals surface area (Å²) in [7, 11) is 1.94. The van der Waals surface area contributed by atoms with E-state index in [0.29, 0.717) is 11.8 Å². The number of unbranched alkanes of at least 4 members (excludes halogenated alkanes) is 1. The molecule has 0 aromatic carbocycles. The first-order valence-electron chi connectivity index (χ1n) is 6.96. The molecular weight excluding hydrogens is 212 g/mol. The third-order valence-corrected chi connectivity index (χ3v) is 4.06. The minimum absolute atomic E-state index is 0.226. The number of hydrogen-bond donors (Lipinski definition) is 1. The van der Waals surface area contributed by atoms with Crippen molar-refractivity contribution in [1.82, 2.24) is 10.2 Å². The fourth-order valence-electron chi connectivity index (χ4n) is 2.63. The number of amides is 1. The lowest BCUT2D eigenvalue weighted by Crippen LogP contribution is -2.48. The molecule has 100 valence electrons. The molecule has 1 heterocycles. The number of rotatable bonds is 5. The summed E-state index contributed by atoms with van der Waals surface area (Å²) in [5.74, 6) is 0.785. The standard InChI is InChI=1S/C14H28N2O/c1-5-6-10-16(4)13(17)14(2,3)12-8-7-9-15-11-12/h12,15H,5-11H2,1-4H3. The van der Waals surface area contributed by atoms with Crippen LogP contribution in [0.1, 0.15) is 46.5 Å². The van der Waals surface area contributed by atoms with E-state index in [2.05, 4.69) is 26.1 Å². The van der Waals surface area contributed by atoms with Crippen LogP contribution in [0.25, 0.3) is 0 Å². The number of nitrogens with zero attached hydrogens (tertiary/aromatic N) is 1. The summed E-state index contributed by atoms with van der Waals surface area (Å²) in [6.45, 7) is 9.35. The second kappa shape index (κ2) is 6.39. The Morgan fingerprint density at radius 2 is 2.18 bits per heavy atom. The minimum atomic E-state index is -0.226. The van der Waals surface area contributed by atoms with E-state index in [1.807, 2.05) is 11.9 Å². The monoisotopic (exact) mass is 240 g/mol. The van der Waals surface area contributed by atoms with Gasteiger partial charge in [-0.1, -0.05) is 27.2 Å². The van der Waals surface area contributed by atoms with Crippen LogP contribution in [0.4, 0.5) is 0 Å². The predicted octanol–water partition coefficient (Wildman–Crippen LogP) is 2.27. The van der Waals surface area contributed by atoms with Gasteiger partial charge in [0.05, 0.1) is 0 Å². The van der Waals surface area contributed by atoms with Crippen LogP contribution >= 0.6 is 0 Å². The zero-order valence-corrected chi connectivity index (χ0v) is 11.9. The first-order valence-corrected chi connectivity index (χ1v) is 6.96. The summed E-state index contributed by atoms with van der Waals surface area (Å²) in [5, 5.41) is 3.41. The lowest BCUT2D eigenvalue weighted by molar-refractivity contribution is -0.142. The second-order valence-electron chi connectivity index (χ2n) is 5.85. The van der Waals surface area contributed by atoms with Crippen LogP contribution < -0.4 is 5.32 Å². The van der Waals surface area contributed by atoms with Crippen LogP contribution in [0.5, 0.6) is 0 Å². The maximum Gasteiger partial charge on any atom is 0.228 e. The molecule has 17 heavy (non-hydrogen) atoms. The van der Waals surface area contributed by atoms with E-state index in [9.17, 15) is 4.79 Å². The second-order valence-corrected chi connectivity index (χ2v) is 5.85. The van der Waals surface area contributed by atoms with Crippen molar-refractivity contribution in [3.8, 4) is 0 Å². The molecule has 1 amide bonds. The van der Waals surface area contributed by atoms with Crippen molar-refractivity contribution in [2.75, 3.05) is 26.7 Å². The van der Waals surface area contributed by atoms with Gasteiger partial charge in [0, 0.05) is 19.0 Å². The average Bonchev–Trinajstić information content (AvgIpc) is 2.36. The highest BCUT2D eigenvalue weighted by molar-refractivity contribution is 5.82. The lowest BCUT2D eigenvalue weighted by atomic mass is 9.74. The largest absolute Gasteiger partial charge is 0.345 e. The van der Waals surface area contributed by atoms with Gasteiger partial charge in [-0.3, -0.25) is 4.79 Å². The molecule has 0 saturated carbocycles. The van der Waals surface area contributed by atoms with Crippen molar-refractivity contribution >= 4 is 5.91 Å². The molecule has 0 aromatic rings. The van der Waals surface area contributed by atoms with Crippen LogP contribution in [-0.4, -0.2) is 37.5 Å². The molecule has 1 aliphatic rings. The maximum absolute atomic E-state index is 12.5. The number of piperidine rings is 1. The zero-order valence-electron chi connectivity index (χ0n) is 11.9.